The van der Waals surface area contributed by atoms with Gasteiger partial charge >= 0.3 is 19.8 Å². The molecule has 342 valence electrons. The van der Waals surface area contributed by atoms with Crippen molar-refractivity contribution >= 4 is 25.7 Å². The first-order valence-electron chi connectivity index (χ1n) is 22.6. The summed E-state index contributed by atoms with van der Waals surface area (Å²) < 4.78 is 26.8. The Balaban J connectivity index is 3.95. The molecule has 1 amide bonds. The Morgan fingerprint density at radius 1 is 0.550 bits per heavy atom. The number of phosphoric ester groups is 1. The molecule has 0 saturated heterocycles. The zero-order chi connectivity index (χ0) is 44.2. The van der Waals surface area contributed by atoms with E-state index in [-0.39, 0.29) is 12.8 Å². The van der Waals surface area contributed by atoms with Gasteiger partial charge in [0.15, 0.2) is 6.04 Å². The number of carbonyl (C=O) groups excluding carboxylic acids is 2. The molecule has 0 aliphatic carbocycles. The van der Waals surface area contributed by atoms with E-state index in [0.717, 1.165) is 103 Å². The minimum absolute atomic E-state index is 0.126. The molecule has 0 radical (unpaired) electrons. The lowest BCUT2D eigenvalue weighted by atomic mass is 10.1. The van der Waals surface area contributed by atoms with Gasteiger partial charge in [0.05, 0.1) is 13.2 Å². The number of nitrogens with one attached hydrogen (secondary N) is 1. The second kappa shape index (κ2) is 42.4. The number of unbranched alkanes of at least 4 members (excludes halogenated alkanes) is 13. The fourth-order valence-corrected chi connectivity index (χ4v) is 6.44. The normalized spacial score (nSPS) is 14.5. The summed E-state index contributed by atoms with van der Waals surface area (Å²) in [5.74, 6) is -2.43. The molecular formula is C48H80NO10P. The molecule has 11 nitrogen and oxygen atoms in total. The standard InChI is InChI=1S/C48H80NO10P/c1-3-5-7-9-11-13-15-17-18-19-20-21-22-23-24-25-26-28-29-31-33-35-37-39-46(51)49-45(48(53)54)43-59-60(55,56)58-42-44(50)41-57-47(52)40-38-36-34-32-30-27-16-14-12-10-8-6-4-2/h6,8,11-14,17-18,20-21,23-24,27,30,44-45,50H,3-5,7,9-10,15-16,19,22,25-26,28-29,31-43H2,1-2H3,(H,49,51)(H,53,54)(H,55,56)/b8-6-,13-11-,14-12-,18-17-,21-20-,24-23-,30-27-. The number of carbonyl (C=O) groups is 3. The maximum absolute atomic E-state index is 12.3. The fraction of sp³-hybridized carbons (Fsp3) is 0.646. The van der Waals surface area contributed by atoms with Crippen LogP contribution in [0.2, 0.25) is 0 Å². The van der Waals surface area contributed by atoms with Crippen molar-refractivity contribution in [2.45, 2.75) is 180 Å². The molecule has 0 fully saturated rings. The van der Waals surface area contributed by atoms with Crippen molar-refractivity contribution < 1.29 is 47.8 Å². The van der Waals surface area contributed by atoms with Gasteiger partial charge in [-0.3, -0.25) is 18.6 Å². The Labute approximate surface area is 362 Å². The largest absolute Gasteiger partial charge is 0.480 e. The van der Waals surface area contributed by atoms with Gasteiger partial charge < -0.3 is 25.2 Å². The summed E-state index contributed by atoms with van der Waals surface area (Å²) in [6, 6.07) is -1.56. The summed E-state index contributed by atoms with van der Waals surface area (Å²) in [5.41, 5.74) is 0. The van der Waals surface area contributed by atoms with Crippen LogP contribution in [0.3, 0.4) is 0 Å². The second-order valence-electron chi connectivity index (χ2n) is 14.9. The van der Waals surface area contributed by atoms with Gasteiger partial charge in [0.2, 0.25) is 5.91 Å². The molecule has 0 aromatic carbocycles. The third kappa shape index (κ3) is 41.4. The number of ether oxygens (including phenoxy) is 1. The van der Waals surface area contributed by atoms with Crippen LogP contribution < -0.4 is 5.32 Å². The minimum atomic E-state index is -4.77. The Morgan fingerprint density at radius 2 is 0.967 bits per heavy atom. The van der Waals surface area contributed by atoms with Gasteiger partial charge in [-0.25, -0.2) is 9.36 Å². The zero-order valence-corrected chi connectivity index (χ0v) is 37.9. The highest BCUT2D eigenvalue weighted by Gasteiger charge is 2.28. The van der Waals surface area contributed by atoms with Crippen LogP contribution in [0.1, 0.15) is 168 Å². The molecule has 0 bridgehead atoms. The SMILES string of the molecule is CC/C=C\C/C=C\C/C=C\CCCCCC(=O)OCC(O)COP(=O)(O)OCC(NC(=O)CCCCCCCCC/C=C\C/C=C\C/C=C\C/C=C\CCCCC)C(=O)O. The van der Waals surface area contributed by atoms with Crippen LogP contribution in [0.5, 0.6) is 0 Å². The summed E-state index contributed by atoms with van der Waals surface area (Å²) in [5, 5.41) is 21.8. The van der Waals surface area contributed by atoms with Crippen LogP contribution in [0.15, 0.2) is 85.1 Å². The topological polar surface area (TPSA) is 169 Å². The number of carboxylic acid groups (broad SMARTS) is 1. The van der Waals surface area contributed by atoms with E-state index in [1.807, 2.05) is 0 Å². The van der Waals surface area contributed by atoms with Crippen molar-refractivity contribution in [2.75, 3.05) is 19.8 Å². The number of aliphatic hydroxyl groups is 1. The van der Waals surface area contributed by atoms with Gasteiger partial charge in [0.1, 0.15) is 12.7 Å². The number of amides is 1. The number of aliphatic carboxylic acids is 1. The fourth-order valence-electron chi connectivity index (χ4n) is 5.66. The number of esters is 1. The summed E-state index contributed by atoms with van der Waals surface area (Å²) in [7, 11) is -4.77. The van der Waals surface area contributed by atoms with Gasteiger partial charge in [-0.15, -0.1) is 0 Å². The molecule has 12 heteroatoms. The maximum atomic E-state index is 12.3. The molecule has 3 unspecified atom stereocenters. The molecular weight excluding hydrogens is 781 g/mol. The maximum Gasteiger partial charge on any atom is 0.472 e. The van der Waals surface area contributed by atoms with Gasteiger partial charge in [-0.05, 0) is 89.9 Å². The van der Waals surface area contributed by atoms with E-state index in [9.17, 15) is 34.1 Å². The van der Waals surface area contributed by atoms with Crippen molar-refractivity contribution in [3.8, 4) is 0 Å². The summed E-state index contributed by atoms with van der Waals surface area (Å²) in [4.78, 5) is 45.9. The van der Waals surface area contributed by atoms with Crippen molar-refractivity contribution in [3.63, 3.8) is 0 Å². The van der Waals surface area contributed by atoms with Crippen molar-refractivity contribution in [3.05, 3.63) is 85.1 Å². The predicted molar refractivity (Wildman–Crippen MR) is 244 cm³/mol. The molecule has 0 heterocycles. The number of hydrogen-bond donors (Lipinski definition) is 4. The highest BCUT2D eigenvalue weighted by atomic mass is 31.2. The van der Waals surface area contributed by atoms with Crippen LogP contribution in [0, 0.1) is 0 Å². The van der Waals surface area contributed by atoms with E-state index >= 15 is 0 Å². The number of phosphoric acid groups is 1. The highest BCUT2D eigenvalue weighted by Crippen LogP contribution is 2.43. The van der Waals surface area contributed by atoms with Gasteiger partial charge in [-0.1, -0.05) is 150 Å². The minimum Gasteiger partial charge on any atom is -0.480 e. The Kier molecular flexibility index (Phi) is 40.0. The van der Waals surface area contributed by atoms with E-state index in [0.29, 0.717) is 12.8 Å². The molecule has 0 aromatic rings. The molecule has 4 N–H and O–H groups in total. The lowest BCUT2D eigenvalue weighted by Crippen LogP contribution is -2.43. The van der Waals surface area contributed by atoms with Gasteiger partial charge in [0, 0.05) is 12.8 Å². The Bertz CT molecular complexity index is 1340. The van der Waals surface area contributed by atoms with E-state index < -0.39 is 57.6 Å². The van der Waals surface area contributed by atoms with E-state index in [1.165, 1.54) is 25.7 Å². The molecule has 0 spiro atoms. The third-order valence-electron chi connectivity index (χ3n) is 9.17. The first kappa shape index (κ1) is 56.7. The van der Waals surface area contributed by atoms with Crippen LogP contribution >= 0.6 is 7.82 Å². The quantitative estimate of drug-likeness (QED) is 0.0201. The van der Waals surface area contributed by atoms with Crippen molar-refractivity contribution in [1.82, 2.24) is 5.32 Å². The summed E-state index contributed by atoms with van der Waals surface area (Å²) in [6.45, 7) is 2.40. The van der Waals surface area contributed by atoms with Crippen LogP contribution in [-0.2, 0) is 32.7 Å². The zero-order valence-electron chi connectivity index (χ0n) is 37.0. The Hall–Kier alpha value is -3.34. The molecule has 0 aliphatic rings. The van der Waals surface area contributed by atoms with Gasteiger partial charge in [0.25, 0.3) is 0 Å². The summed E-state index contributed by atoms with van der Waals surface area (Å²) in [6.07, 6.45) is 51.8. The lowest BCUT2D eigenvalue weighted by Gasteiger charge is -2.18. The average molecular weight is 862 g/mol. The molecule has 0 aromatic heterocycles. The van der Waals surface area contributed by atoms with Crippen LogP contribution in [0.4, 0.5) is 0 Å². The lowest BCUT2D eigenvalue weighted by molar-refractivity contribution is -0.147. The van der Waals surface area contributed by atoms with Crippen LogP contribution in [0.25, 0.3) is 0 Å². The molecule has 0 rings (SSSR count). The average Bonchev–Trinajstić information content (AvgIpc) is 3.22. The summed E-state index contributed by atoms with van der Waals surface area (Å²) >= 11 is 0. The number of aliphatic hydroxyl groups excluding tert-OH is 1. The molecule has 3 atom stereocenters. The molecule has 60 heavy (non-hydrogen) atoms. The number of hydrogen-bond acceptors (Lipinski definition) is 8. The van der Waals surface area contributed by atoms with E-state index in [1.54, 1.807) is 0 Å². The second-order valence-corrected chi connectivity index (χ2v) is 16.3. The predicted octanol–water partition coefficient (Wildman–Crippen LogP) is 11.9. The molecule has 0 saturated carbocycles. The van der Waals surface area contributed by atoms with E-state index in [2.05, 4.69) is 104 Å². The monoisotopic (exact) mass is 862 g/mol. The number of carboxylic acids is 1. The van der Waals surface area contributed by atoms with E-state index in [4.69, 9.17) is 13.8 Å². The molecule has 0 aliphatic heterocycles. The number of rotatable bonds is 41. The van der Waals surface area contributed by atoms with Crippen LogP contribution in [-0.4, -0.2) is 64.9 Å². The van der Waals surface area contributed by atoms with Crippen molar-refractivity contribution in [2.24, 2.45) is 0 Å². The number of allylic oxidation sites excluding steroid dienone is 14. The van der Waals surface area contributed by atoms with Gasteiger partial charge in [-0.2, -0.15) is 0 Å². The smallest absolute Gasteiger partial charge is 0.472 e. The Morgan fingerprint density at radius 3 is 1.47 bits per heavy atom. The highest BCUT2D eigenvalue weighted by molar-refractivity contribution is 7.47. The van der Waals surface area contributed by atoms with Crippen molar-refractivity contribution in [1.29, 1.82) is 0 Å². The first-order valence-corrected chi connectivity index (χ1v) is 24.1. The first-order chi connectivity index (χ1) is 29.1. The third-order valence-corrected chi connectivity index (χ3v) is 10.1.